The van der Waals surface area contributed by atoms with Crippen molar-refractivity contribution in [1.82, 2.24) is 24.6 Å². The lowest BCUT2D eigenvalue weighted by Gasteiger charge is -2.09. The second-order valence-electron chi connectivity index (χ2n) is 5.03. The fourth-order valence-electron chi connectivity index (χ4n) is 1.79. The second kappa shape index (κ2) is 7.19. The molecule has 0 aliphatic carbocycles. The molecule has 0 aliphatic rings. The molecule has 0 amide bonds. The Morgan fingerprint density at radius 2 is 1.95 bits per heavy atom. The third kappa shape index (κ3) is 5.06. The van der Waals surface area contributed by atoms with Crippen molar-refractivity contribution in [3.05, 3.63) is 35.1 Å². The second-order valence-corrected chi connectivity index (χ2v) is 7.00. The van der Waals surface area contributed by atoms with Crippen molar-refractivity contribution in [3.63, 3.8) is 0 Å². The van der Waals surface area contributed by atoms with Crippen LogP contribution in [0.1, 0.15) is 19.7 Å². The van der Waals surface area contributed by atoms with Crippen LogP contribution in [0, 0.1) is 0 Å². The van der Waals surface area contributed by atoms with Crippen LogP contribution < -0.4 is 9.44 Å². The first-order valence-electron chi connectivity index (χ1n) is 6.80. The van der Waals surface area contributed by atoms with Gasteiger partial charge in [-0.3, -0.25) is 5.10 Å². The van der Waals surface area contributed by atoms with Gasteiger partial charge in [-0.15, -0.1) is 0 Å². The lowest BCUT2D eigenvalue weighted by Crippen LogP contribution is -2.41. The molecule has 1 aromatic heterocycles. The summed E-state index contributed by atoms with van der Waals surface area (Å²) in [5, 5.41) is 7.55. The van der Waals surface area contributed by atoms with Gasteiger partial charge in [-0.1, -0.05) is 11.6 Å². The molecule has 0 saturated heterocycles. The summed E-state index contributed by atoms with van der Waals surface area (Å²) in [4.78, 5) is 4.33. The van der Waals surface area contributed by atoms with E-state index in [2.05, 4.69) is 24.6 Å². The molecule has 2 rings (SSSR count). The molecule has 0 saturated carbocycles. The quantitative estimate of drug-likeness (QED) is 0.709. The van der Waals surface area contributed by atoms with Crippen LogP contribution in [-0.4, -0.2) is 36.2 Å². The maximum Gasteiger partial charge on any atom is 0.277 e. The van der Waals surface area contributed by atoms with Gasteiger partial charge in [0.1, 0.15) is 5.82 Å². The summed E-state index contributed by atoms with van der Waals surface area (Å²) < 4.78 is 28.1. The molecule has 0 radical (unpaired) electrons. The van der Waals surface area contributed by atoms with E-state index in [0.717, 1.165) is 5.56 Å². The summed E-state index contributed by atoms with van der Waals surface area (Å²) in [6.45, 7) is 3.75. The monoisotopic (exact) mass is 343 g/mol. The van der Waals surface area contributed by atoms with Crippen LogP contribution in [-0.2, 0) is 16.6 Å². The fraction of sp³-hybridized carbons (Fsp3) is 0.385. The number of aromatic nitrogens is 3. The van der Waals surface area contributed by atoms with Gasteiger partial charge in [-0.2, -0.15) is 18.2 Å². The number of aromatic amines is 1. The summed E-state index contributed by atoms with van der Waals surface area (Å²) in [5.41, 5.74) is 0.842. The minimum absolute atomic E-state index is 0.153. The van der Waals surface area contributed by atoms with Gasteiger partial charge < -0.3 is 0 Å². The lowest BCUT2D eigenvalue weighted by atomic mass is 10.2. The van der Waals surface area contributed by atoms with E-state index in [1.807, 2.05) is 12.1 Å². The summed E-state index contributed by atoms with van der Waals surface area (Å²) >= 11 is 5.83. The molecule has 3 N–H and O–H groups in total. The highest BCUT2D eigenvalue weighted by Gasteiger charge is 2.11. The van der Waals surface area contributed by atoms with Crippen molar-refractivity contribution < 1.29 is 8.42 Å². The number of halogens is 1. The summed E-state index contributed by atoms with van der Waals surface area (Å²) in [7, 11) is -3.48. The molecule has 0 unspecified atom stereocenters. The first-order chi connectivity index (χ1) is 10.4. The predicted octanol–water partition coefficient (Wildman–Crippen LogP) is 1.50. The van der Waals surface area contributed by atoms with E-state index in [1.54, 1.807) is 26.0 Å². The van der Waals surface area contributed by atoms with E-state index in [1.165, 1.54) is 0 Å². The number of rotatable bonds is 7. The van der Waals surface area contributed by atoms with Gasteiger partial charge in [-0.25, -0.2) is 9.71 Å². The smallest absolute Gasteiger partial charge is 0.263 e. The Hall–Kier alpha value is -1.48. The highest BCUT2D eigenvalue weighted by molar-refractivity contribution is 7.87. The number of H-pyrrole nitrogens is 1. The Kier molecular flexibility index (Phi) is 5.52. The number of benzene rings is 1. The van der Waals surface area contributed by atoms with Crippen molar-refractivity contribution in [2.45, 2.75) is 26.3 Å². The van der Waals surface area contributed by atoms with Crippen molar-refractivity contribution in [2.24, 2.45) is 0 Å². The molecule has 22 heavy (non-hydrogen) atoms. The van der Waals surface area contributed by atoms with Crippen molar-refractivity contribution in [1.29, 1.82) is 0 Å². The van der Waals surface area contributed by atoms with E-state index < -0.39 is 10.2 Å². The lowest BCUT2D eigenvalue weighted by molar-refractivity contribution is 0.554. The molecule has 1 aromatic carbocycles. The van der Waals surface area contributed by atoms with Crippen LogP contribution in [0.4, 0.5) is 0 Å². The summed E-state index contributed by atoms with van der Waals surface area (Å²) in [5.74, 6) is 1.16. The number of nitrogens with zero attached hydrogens (tertiary/aromatic N) is 2. The predicted molar refractivity (Wildman–Crippen MR) is 85.7 cm³/mol. The average molecular weight is 344 g/mol. The van der Waals surface area contributed by atoms with E-state index in [-0.39, 0.29) is 12.6 Å². The maximum absolute atomic E-state index is 11.6. The Bertz CT molecular complexity index is 712. The molecule has 1 heterocycles. The number of hydrogen-bond donors (Lipinski definition) is 3. The van der Waals surface area contributed by atoms with Crippen LogP contribution >= 0.6 is 11.6 Å². The van der Waals surface area contributed by atoms with E-state index >= 15 is 0 Å². The van der Waals surface area contributed by atoms with Crippen LogP contribution in [0.5, 0.6) is 0 Å². The molecular weight excluding hydrogens is 326 g/mol. The van der Waals surface area contributed by atoms with Crippen LogP contribution in [0.15, 0.2) is 24.3 Å². The molecular formula is C13H18ClN5O2S. The van der Waals surface area contributed by atoms with Gasteiger partial charge in [0, 0.05) is 29.6 Å². The van der Waals surface area contributed by atoms with Gasteiger partial charge in [0.2, 0.25) is 0 Å². The first-order valence-corrected chi connectivity index (χ1v) is 8.66. The highest BCUT2D eigenvalue weighted by Crippen LogP contribution is 2.17. The topological polar surface area (TPSA) is 99.8 Å². The van der Waals surface area contributed by atoms with E-state index in [4.69, 9.17) is 11.6 Å². The number of nitrogens with one attached hydrogen (secondary N) is 3. The molecule has 120 valence electrons. The maximum atomic E-state index is 11.6. The van der Waals surface area contributed by atoms with E-state index in [0.29, 0.717) is 23.1 Å². The SMILES string of the molecule is CC(C)NS(=O)(=O)NCCc1nc(-c2ccc(Cl)cc2)n[nH]1. The molecule has 0 spiro atoms. The Morgan fingerprint density at radius 3 is 2.59 bits per heavy atom. The third-order valence-corrected chi connectivity index (χ3v) is 4.30. The van der Waals surface area contributed by atoms with Gasteiger partial charge in [0.25, 0.3) is 10.2 Å². The van der Waals surface area contributed by atoms with Gasteiger partial charge >= 0.3 is 0 Å². The molecule has 2 aromatic rings. The normalized spacial score (nSPS) is 12.0. The van der Waals surface area contributed by atoms with Gasteiger partial charge in [0.05, 0.1) is 0 Å². The molecule has 7 nitrogen and oxygen atoms in total. The largest absolute Gasteiger partial charge is 0.277 e. The molecule has 9 heteroatoms. The van der Waals surface area contributed by atoms with Crippen molar-refractivity contribution >= 4 is 21.8 Å². The fourth-order valence-corrected chi connectivity index (χ4v) is 2.99. The summed E-state index contributed by atoms with van der Waals surface area (Å²) in [6.07, 6.45) is 0.416. The zero-order valence-corrected chi connectivity index (χ0v) is 13.9. The van der Waals surface area contributed by atoms with Gasteiger partial charge in [0.15, 0.2) is 5.82 Å². The highest BCUT2D eigenvalue weighted by atomic mass is 35.5. The van der Waals surface area contributed by atoms with E-state index in [9.17, 15) is 8.42 Å². The minimum Gasteiger partial charge on any atom is -0.263 e. The zero-order valence-electron chi connectivity index (χ0n) is 12.3. The third-order valence-electron chi connectivity index (χ3n) is 2.68. The molecule has 0 aliphatic heterocycles. The average Bonchev–Trinajstić information content (AvgIpc) is 2.86. The van der Waals surface area contributed by atoms with Crippen molar-refractivity contribution in [2.75, 3.05) is 6.54 Å². The Morgan fingerprint density at radius 1 is 1.27 bits per heavy atom. The number of hydrogen-bond acceptors (Lipinski definition) is 4. The first kappa shape index (κ1) is 16.9. The minimum atomic E-state index is -3.48. The van der Waals surface area contributed by atoms with Crippen molar-refractivity contribution in [3.8, 4) is 11.4 Å². The summed E-state index contributed by atoms with van der Waals surface area (Å²) in [6, 6.07) is 7.02. The van der Waals surface area contributed by atoms with Crippen LogP contribution in [0.2, 0.25) is 5.02 Å². The Labute approximate surface area is 134 Å². The van der Waals surface area contributed by atoms with Gasteiger partial charge in [-0.05, 0) is 38.1 Å². The standard InChI is InChI=1S/C13H18ClN5O2S/c1-9(2)19-22(20,21)15-8-7-12-16-13(18-17-12)10-3-5-11(14)6-4-10/h3-6,9,15,19H,7-8H2,1-2H3,(H,16,17,18). The molecule has 0 bridgehead atoms. The molecule has 0 atom stereocenters. The zero-order chi connectivity index (χ0) is 16.2. The Balaban J connectivity index is 1.91. The van der Waals surface area contributed by atoms with Crippen LogP contribution in [0.25, 0.3) is 11.4 Å². The van der Waals surface area contributed by atoms with Crippen LogP contribution in [0.3, 0.4) is 0 Å². The molecule has 0 fully saturated rings.